The van der Waals surface area contributed by atoms with E-state index < -0.39 is 5.60 Å². The third-order valence-corrected chi connectivity index (χ3v) is 4.29. The summed E-state index contributed by atoms with van der Waals surface area (Å²) in [6.07, 6.45) is 12.8. The van der Waals surface area contributed by atoms with Gasteiger partial charge in [0.25, 0.3) is 0 Å². The van der Waals surface area contributed by atoms with E-state index >= 15 is 0 Å². The molecule has 0 aromatic rings. The molecule has 1 heterocycles. The first-order valence-corrected chi connectivity index (χ1v) is 9.67. The SMILES string of the molecule is CCCCCCCCCCNC1CCCN1C(=O)OC(C)(C)C. The number of nitrogens with one attached hydrogen (secondary N) is 1. The molecule has 0 bridgehead atoms. The molecular weight excluding hydrogens is 288 g/mol. The van der Waals surface area contributed by atoms with Gasteiger partial charge >= 0.3 is 6.09 Å². The number of nitrogens with zero attached hydrogens (tertiary/aromatic N) is 1. The Balaban J connectivity index is 2.10. The van der Waals surface area contributed by atoms with E-state index in [1.165, 1.54) is 51.4 Å². The van der Waals surface area contributed by atoms with Crippen molar-refractivity contribution in [1.82, 2.24) is 10.2 Å². The zero-order valence-electron chi connectivity index (χ0n) is 15.8. The van der Waals surface area contributed by atoms with Gasteiger partial charge < -0.3 is 4.74 Å². The first kappa shape index (κ1) is 20.3. The average molecular weight is 327 g/mol. The highest BCUT2D eigenvalue weighted by Gasteiger charge is 2.31. The molecule has 1 atom stereocenters. The highest BCUT2D eigenvalue weighted by molar-refractivity contribution is 5.68. The van der Waals surface area contributed by atoms with Gasteiger partial charge in [0.1, 0.15) is 5.60 Å². The standard InChI is InChI=1S/C19H38N2O2/c1-5-6-7-8-9-10-11-12-15-20-17-14-13-16-21(17)18(22)23-19(2,3)4/h17,20H,5-16H2,1-4H3. The van der Waals surface area contributed by atoms with Crippen LogP contribution < -0.4 is 5.32 Å². The lowest BCUT2D eigenvalue weighted by Gasteiger charge is -2.29. The molecule has 1 amide bonds. The van der Waals surface area contributed by atoms with Gasteiger partial charge in [-0.2, -0.15) is 0 Å². The molecule has 0 aromatic carbocycles. The lowest BCUT2D eigenvalue weighted by Crippen LogP contribution is -2.46. The van der Waals surface area contributed by atoms with E-state index in [1.807, 2.05) is 25.7 Å². The van der Waals surface area contributed by atoms with Gasteiger partial charge in [-0.1, -0.05) is 51.9 Å². The van der Waals surface area contributed by atoms with Crippen LogP contribution in [-0.2, 0) is 4.74 Å². The van der Waals surface area contributed by atoms with E-state index in [1.54, 1.807) is 0 Å². The first-order valence-electron chi connectivity index (χ1n) is 9.67. The largest absolute Gasteiger partial charge is 0.444 e. The molecule has 4 heteroatoms. The topological polar surface area (TPSA) is 41.6 Å². The average Bonchev–Trinajstić information content (AvgIpc) is 2.92. The number of carbonyl (C=O) groups excluding carboxylic acids is 1. The van der Waals surface area contributed by atoms with Crippen molar-refractivity contribution < 1.29 is 9.53 Å². The summed E-state index contributed by atoms with van der Waals surface area (Å²) in [6, 6.07) is 0. The summed E-state index contributed by atoms with van der Waals surface area (Å²) in [7, 11) is 0. The second-order valence-electron chi connectivity index (χ2n) is 7.76. The monoisotopic (exact) mass is 326 g/mol. The zero-order valence-corrected chi connectivity index (χ0v) is 15.8. The second kappa shape index (κ2) is 10.9. The highest BCUT2D eigenvalue weighted by atomic mass is 16.6. The number of likely N-dealkylation sites (tertiary alicyclic amines) is 1. The van der Waals surface area contributed by atoms with Gasteiger partial charge in [0.05, 0.1) is 6.17 Å². The minimum absolute atomic E-state index is 0.161. The Bertz CT molecular complexity index is 326. The van der Waals surface area contributed by atoms with Gasteiger partial charge in [-0.15, -0.1) is 0 Å². The number of carbonyl (C=O) groups is 1. The molecule has 1 unspecified atom stereocenters. The van der Waals surface area contributed by atoms with Gasteiger partial charge in [0.15, 0.2) is 0 Å². The van der Waals surface area contributed by atoms with Crippen molar-refractivity contribution in [2.45, 2.75) is 104 Å². The smallest absolute Gasteiger partial charge is 0.411 e. The fraction of sp³-hybridized carbons (Fsp3) is 0.947. The Labute approximate surface area is 143 Å². The van der Waals surface area contributed by atoms with E-state index in [9.17, 15) is 4.79 Å². The van der Waals surface area contributed by atoms with Gasteiger partial charge in [0.2, 0.25) is 0 Å². The fourth-order valence-electron chi connectivity index (χ4n) is 3.05. The maximum absolute atomic E-state index is 12.2. The predicted octanol–water partition coefficient (Wildman–Crippen LogP) is 5.07. The minimum Gasteiger partial charge on any atom is -0.444 e. The molecule has 1 aliphatic rings. The van der Waals surface area contributed by atoms with Crippen LogP contribution in [0.4, 0.5) is 4.79 Å². The van der Waals surface area contributed by atoms with E-state index in [-0.39, 0.29) is 12.3 Å². The van der Waals surface area contributed by atoms with E-state index in [0.717, 1.165) is 25.9 Å². The predicted molar refractivity (Wildman–Crippen MR) is 96.6 cm³/mol. The Hall–Kier alpha value is -0.770. The molecule has 1 rings (SSSR count). The lowest BCUT2D eigenvalue weighted by atomic mass is 10.1. The molecule has 0 aliphatic carbocycles. The molecule has 1 fully saturated rings. The molecule has 1 N–H and O–H groups in total. The number of hydrogen-bond donors (Lipinski definition) is 1. The maximum atomic E-state index is 12.2. The maximum Gasteiger partial charge on any atom is 0.411 e. The van der Waals surface area contributed by atoms with Crippen LogP contribution in [0.2, 0.25) is 0 Å². The second-order valence-corrected chi connectivity index (χ2v) is 7.76. The highest BCUT2D eigenvalue weighted by Crippen LogP contribution is 2.19. The van der Waals surface area contributed by atoms with Gasteiger partial charge in [-0.25, -0.2) is 4.79 Å². The summed E-state index contributed by atoms with van der Waals surface area (Å²) in [5, 5.41) is 3.53. The van der Waals surface area contributed by atoms with Crippen LogP contribution in [0.1, 0.15) is 91.9 Å². The van der Waals surface area contributed by atoms with Crippen molar-refractivity contribution in [1.29, 1.82) is 0 Å². The molecule has 4 nitrogen and oxygen atoms in total. The van der Waals surface area contributed by atoms with Crippen LogP contribution >= 0.6 is 0 Å². The Morgan fingerprint density at radius 1 is 1.09 bits per heavy atom. The van der Waals surface area contributed by atoms with Crippen molar-refractivity contribution in [3.8, 4) is 0 Å². The molecular formula is C19H38N2O2. The number of hydrogen-bond acceptors (Lipinski definition) is 3. The van der Waals surface area contributed by atoms with Crippen molar-refractivity contribution in [2.75, 3.05) is 13.1 Å². The molecule has 0 spiro atoms. The molecule has 1 saturated heterocycles. The quantitative estimate of drug-likeness (QED) is 0.570. The third-order valence-electron chi connectivity index (χ3n) is 4.29. The Morgan fingerprint density at radius 2 is 1.70 bits per heavy atom. The van der Waals surface area contributed by atoms with E-state index in [2.05, 4.69) is 12.2 Å². The van der Waals surface area contributed by atoms with Crippen molar-refractivity contribution in [3.63, 3.8) is 0 Å². The molecule has 23 heavy (non-hydrogen) atoms. The number of unbranched alkanes of at least 4 members (excludes halogenated alkanes) is 7. The summed E-state index contributed by atoms with van der Waals surface area (Å²) < 4.78 is 5.49. The fourth-order valence-corrected chi connectivity index (χ4v) is 3.05. The van der Waals surface area contributed by atoms with Crippen LogP contribution in [0, 0.1) is 0 Å². The summed E-state index contributed by atoms with van der Waals surface area (Å²) in [6.45, 7) is 9.83. The zero-order chi connectivity index (χ0) is 17.1. The normalized spacial score (nSPS) is 18.4. The summed E-state index contributed by atoms with van der Waals surface area (Å²) in [5.74, 6) is 0. The third kappa shape index (κ3) is 9.19. The lowest BCUT2D eigenvalue weighted by molar-refractivity contribution is 0.0200. The summed E-state index contributed by atoms with van der Waals surface area (Å²) in [4.78, 5) is 14.1. The molecule has 136 valence electrons. The van der Waals surface area contributed by atoms with Crippen molar-refractivity contribution >= 4 is 6.09 Å². The summed E-state index contributed by atoms with van der Waals surface area (Å²) in [5.41, 5.74) is -0.415. The number of rotatable bonds is 10. The molecule has 0 aromatic heterocycles. The molecule has 0 saturated carbocycles. The van der Waals surface area contributed by atoms with E-state index in [4.69, 9.17) is 4.74 Å². The van der Waals surface area contributed by atoms with Crippen molar-refractivity contribution in [3.05, 3.63) is 0 Å². The van der Waals surface area contributed by atoms with Gasteiger partial charge in [-0.05, 0) is 46.6 Å². The number of amides is 1. The van der Waals surface area contributed by atoms with E-state index in [0.29, 0.717) is 0 Å². The number of ether oxygens (including phenoxy) is 1. The Kier molecular flexibility index (Phi) is 9.61. The van der Waals surface area contributed by atoms with Crippen LogP contribution in [0.5, 0.6) is 0 Å². The van der Waals surface area contributed by atoms with Crippen LogP contribution in [0.25, 0.3) is 0 Å². The van der Waals surface area contributed by atoms with Gasteiger partial charge in [-0.3, -0.25) is 10.2 Å². The van der Waals surface area contributed by atoms with Crippen LogP contribution in [0.3, 0.4) is 0 Å². The van der Waals surface area contributed by atoms with Gasteiger partial charge in [0, 0.05) is 6.54 Å². The molecule has 1 aliphatic heterocycles. The minimum atomic E-state index is -0.415. The van der Waals surface area contributed by atoms with Crippen LogP contribution in [0.15, 0.2) is 0 Å². The molecule has 0 radical (unpaired) electrons. The summed E-state index contributed by atoms with van der Waals surface area (Å²) >= 11 is 0. The van der Waals surface area contributed by atoms with Crippen molar-refractivity contribution in [2.24, 2.45) is 0 Å². The first-order chi connectivity index (χ1) is 10.9. The Morgan fingerprint density at radius 3 is 2.30 bits per heavy atom. The van der Waals surface area contributed by atoms with Crippen LogP contribution in [-0.4, -0.2) is 35.8 Å².